The van der Waals surface area contributed by atoms with E-state index in [1.807, 2.05) is 0 Å². The molecule has 6 nitrogen and oxygen atoms in total. The van der Waals surface area contributed by atoms with Crippen molar-refractivity contribution >= 4 is 11.8 Å². The Morgan fingerprint density at radius 1 is 1.33 bits per heavy atom. The number of ether oxygens (including phenoxy) is 2. The van der Waals surface area contributed by atoms with Crippen molar-refractivity contribution in [2.45, 2.75) is 6.18 Å². The van der Waals surface area contributed by atoms with Crippen LogP contribution in [0, 0.1) is 0 Å². The molecule has 0 atom stereocenters. The quantitative estimate of drug-likeness (QED) is 0.815. The van der Waals surface area contributed by atoms with Crippen LogP contribution < -0.4 is 20.5 Å². The molecule has 1 aromatic carbocycles. The monoisotopic (exact) mass is 306 g/mol. The Hall–Kier alpha value is -2.45. The number of carbonyl (C=O) groups is 2. The van der Waals surface area contributed by atoms with Crippen molar-refractivity contribution in [3.05, 3.63) is 23.8 Å². The number of hydrogen-bond donors (Lipinski definition) is 2. The minimum atomic E-state index is -4.52. The summed E-state index contributed by atoms with van der Waals surface area (Å²) in [7, 11) is 1.30. The van der Waals surface area contributed by atoms with Crippen molar-refractivity contribution in [3.8, 4) is 11.5 Å². The van der Waals surface area contributed by atoms with Crippen LogP contribution in [0.1, 0.15) is 10.4 Å². The third-order valence-corrected chi connectivity index (χ3v) is 2.30. The van der Waals surface area contributed by atoms with Gasteiger partial charge in [0.05, 0.1) is 12.7 Å². The molecule has 0 fully saturated rings. The summed E-state index contributed by atoms with van der Waals surface area (Å²) < 4.78 is 45.8. The Kier molecular flexibility index (Phi) is 5.39. The van der Waals surface area contributed by atoms with E-state index in [2.05, 4.69) is 0 Å². The summed E-state index contributed by atoms with van der Waals surface area (Å²) in [5.74, 6) is -1.78. The molecule has 0 bridgehead atoms. The molecule has 0 aromatic heterocycles. The molecule has 0 spiro atoms. The van der Waals surface area contributed by atoms with E-state index >= 15 is 0 Å². The molecule has 9 heteroatoms. The van der Waals surface area contributed by atoms with Gasteiger partial charge in [-0.25, -0.2) is 0 Å². The van der Waals surface area contributed by atoms with Gasteiger partial charge in [0.25, 0.3) is 11.8 Å². The highest BCUT2D eigenvalue weighted by atomic mass is 19.4. The van der Waals surface area contributed by atoms with Gasteiger partial charge >= 0.3 is 6.18 Å². The van der Waals surface area contributed by atoms with Crippen LogP contribution in [0.4, 0.5) is 13.2 Å². The first-order chi connectivity index (χ1) is 9.74. The summed E-state index contributed by atoms with van der Waals surface area (Å²) in [5.41, 5.74) is 5.09. The number of nitrogens with two attached hydrogens (primary N) is 1. The smallest absolute Gasteiger partial charge is 0.405 e. The Bertz CT molecular complexity index is 532. The van der Waals surface area contributed by atoms with Gasteiger partial charge in [0.1, 0.15) is 6.54 Å². The molecule has 0 aliphatic heterocycles. The first-order valence-electron chi connectivity index (χ1n) is 5.67. The van der Waals surface area contributed by atoms with E-state index in [1.54, 1.807) is 5.32 Å². The fourth-order valence-corrected chi connectivity index (χ4v) is 1.41. The molecular formula is C12H13F3N2O4. The number of amides is 2. The van der Waals surface area contributed by atoms with E-state index in [0.717, 1.165) is 0 Å². The van der Waals surface area contributed by atoms with Crippen LogP contribution in [0.2, 0.25) is 0 Å². The number of nitrogens with one attached hydrogen (secondary N) is 1. The Labute approximate surface area is 118 Å². The zero-order chi connectivity index (χ0) is 16.0. The zero-order valence-corrected chi connectivity index (χ0v) is 11.0. The van der Waals surface area contributed by atoms with Crippen LogP contribution in [-0.2, 0) is 4.79 Å². The second kappa shape index (κ2) is 6.82. The average molecular weight is 306 g/mol. The minimum absolute atomic E-state index is 0.0435. The maximum Gasteiger partial charge on any atom is 0.405 e. The van der Waals surface area contributed by atoms with E-state index in [4.69, 9.17) is 15.2 Å². The van der Waals surface area contributed by atoms with Crippen molar-refractivity contribution in [3.63, 3.8) is 0 Å². The highest BCUT2D eigenvalue weighted by Gasteiger charge is 2.27. The third-order valence-electron chi connectivity index (χ3n) is 2.30. The molecule has 0 saturated carbocycles. The van der Waals surface area contributed by atoms with Gasteiger partial charge in [-0.15, -0.1) is 0 Å². The van der Waals surface area contributed by atoms with Crippen LogP contribution in [0.15, 0.2) is 18.2 Å². The lowest BCUT2D eigenvalue weighted by Gasteiger charge is -2.13. The van der Waals surface area contributed by atoms with Crippen LogP contribution in [0.25, 0.3) is 0 Å². The normalized spacial score (nSPS) is 10.9. The van der Waals surface area contributed by atoms with Gasteiger partial charge in [0.15, 0.2) is 18.1 Å². The number of benzene rings is 1. The summed E-state index contributed by atoms with van der Waals surface area (Å²) >= 11 is 0. The molecule has 1 aromatic rings. The Balaban J connectivity index is 2.74. The molecule has 3 N–H and O–H groups in total. The molecular weight excluding hydrogens is 293 g/mol. The number of primary amides is 1. The second-order valence-electron chi connectivity index (χ2n) is 3.88. The summed E-state index contributed by atoms with van der Waals surface area (Å²) in [6, 6.07) is 4.28. The number of para-hydroxylation sites is 1. The summed E-state index contributed by atoms with van der Waals surface area (Å²) in [6.07, 6.45) is -4.52. The topological polar surface area (TPSA) is 90.7 Å². The van der Waals surface area contributed by atoms with E-state index in [0.29, 0.717) is 0 Å². The molecule has 2 amide bonds. The van der Waals surface area contributed by atoms with Gasteiger partial charge in [-0.1, -0.05) is 6.07 Å². The fourth-order valence-electron chi connectivity index (χ4n) is 1.41. The van der Waals surface area contributed by atoms with Gasteiger partial charge in [-0.3, -0.25) is 9.59 Å². The van der Waals surface area contributed by atoms with Crippen molar-refractivity contribution in [1.82, 2.24) is 5.32 Å². The van der Waals surface area contributed by atoms with Crippen LogP contribution in [0.3, 0.4) is 0 Å². The predicted octanol–water partition coefficient (Wildman–Crippen LogP) is 0.851. The number of hydrogen-bond acceptors (Lipinski definition) is 4. The van der Waals surface area contributed by atoms with E-state index in [-0.39, 0.29) is 17.1 Å². The molecule has 0 heterocycles. The van der Waals surface area contributed by atoms with Gasteiger partial charge < -0.3 is 20.5 Å². The molecule has 0 aliphatic rings. The SMILES string of the molecule is COc1cccc(C(N)=O)c1OCC(=O)NCC(F)(F)F. The van der Waals surface area contributed by atoms with Gasteiger partial charge in [-0.2, -0.15) is 13.2 Å². The van der Waals surface area contributed by atoms with E-state index in [1.165, 1.54) is 25.3 Å². The first-order valence-corrected chi connectivity index (χ1v) is 5.67. The van der Waals surface area contributed by atoms with Gasteiger partial charge in [0.2, 0.25) is 0 Å². The third kappa shape index (κ3) is 5.21. The standard InChI is InChI=1S/C12H13F3N2O4/c1-20-8-4-2-3-7(11(16)19)10(8)21-5-9(18)17-6-12(13,14)15/h2-4H,5-6H2,1H3,(H2,16,19)(H,17,18). The number of methoxy groups -OCH3 is 1. The predicted molar refractivity (Wildman–Crippen MR) is 66.1 cm³/mol. The lowest BCUT2D eigenvalue weighted by atomic mass is 10.2. The van der Waals surface area contributed by atoms with Gasteiger partial charge in [0, 0.05) is 0 Å². The van der Waals surface area contributed by atoms with E-state index in [9.17, 15) is 22.8 Å². The molecule has 0 aliphatic carbocycles. The number of halogens is 3. The zero-order valence-electron chi connectivity index (χ0n) is 11.0. The molecule has 0 unspecified atom stereocenters. The molecule has 0 saturated heterocycles. The van der Waals surface area contributed by atoms with Crippen molar-refractivity contribution in [1.29, 1.82) is 0 Å². The summed E-state index contributed by atoms with van der Waals surface area (Å²) in [5, 5.41) is 1.63. The molecule has 21 heavy (non-hydrogen) atoms. The second-order valence-corrected chi connectivity index (χ2v) is 3.88. The Morgan fingerprint density at radius 2 is 2.00 bits per heavy atom. The maximum atomic E-state index is 11.9. The number of rotatable bonds is 6. The fraction of sp³-hybridized carbons (Fsp3) is 0.333. The van der Waals surface area contributed by atoms with Crippen LogP contribution in [-0.4, -0.2) is 38.3 Å². The van der Waals surface area contributed by atoms with Crippen molar-refractivity contribution in [2.75, 3.05) is 20.3 Å². The first kappa shape index (κ1) is 16.6. The maximum absolute atomic E-state index is 11.9. The summed E-state index contributed by atoms with van der Waals surface area (Å²) in [4.78, 5) is 22.5. The highest BCUT2D eigenvalue weighted by Crippen LogP contribution is 2.30. The van der Waals surface area contributed by atoms with Crippen molar-refractivity contribution < 1.29 is 32.2 Å². The average Bonchev–Trinajstić information content (AvgIpc) is 2.41. The minimum Gasteiger partial charge on any atom is -0.493 e. The summed E-state index contributed by atoms with van der Waals surface area (Å²) in [6.45, 7) is -2.18. The number of alkyl halides is 3. The largest absolute Gasteiger partial charge is 0.493 e. The molecule has 116 valence electrons. The number of carbonyl (C=O) groups excluding carboxylic acids is 2. The lowest BCUT2D eigenvalue weighted by molar-refractivity contribution is -0.139. The van der Waals surface area contributed by atoms with E-state index < -0.39 is 31.1 Å². The molecule has 1 rings (SSSR count). The lowest BCUT2D eigenvalue weighted by Crippen LogP contribution is -2.36. The van der Waals surface area contributed by atoms with Crippen molar-refractivity contribution in [2.24, 2.45) is 5.73 Å². The van der Waals surface area contributed by atoms with Crippen LogP contribution >= 0.6 is 0 Å². The Morgan fingerprint density at radius 3 is 2.52 bits per heavy atom. The highest BCUT2D eigenvalue weighted by molar-refractivity contribution is 5.96. The van der Waals surface area contributed by atoms with Crippen LogP contribution in [0.5, 0.6) is 11.5 Å². The van der Waals surface area contributed by atoms with Gasteiger partial charge in [-0.05, 0) is 12.1 Å². The molecule has 0 radical (unpaired) electrons.